The quantitative estimate of drug-likeness (QED) is 0.710. The lowest BCUT2D eigenvalue weighted by Gasteiger charge is -2.17. The second kappa shape index (κ2) is 7.44. The number of para-hydroxylation sites is 1. The van der Waals surface area contributed by atoms with Gasteiger partial charge in [0, 0.05) is 16.0 Å². The van der Waals surface area contributed by atoms with Crippen molar-refractivity contribution < 1.29 is 14.3 Å². The van der Waals surface area contributed by atoms with Gasteiger partial charge in [0.05, 0.1) is 30.7 Å². The molecule has 3 aromatic rings. The molecule has 0 fully saturated rings. The number of fused-ring (bicyclic) bond motifs is 1. The van der Waals surface area contributed by atoms with Crippen LogP contribution in [0.1, 0.15) is 33.4 Å². The monoisotopic (exact) mass is 354 g/mol. The summed E-state index contributed by atoms with van der Waals surface area (Å²) in [6.07, 6.45) is 0.0880. The lowest BCUT2D eigenvalue weighted by Crippen LogP contribution is -2.30. The summed E-state index contributed by atoms with van der Waals surface area (Å²) in [7, 11) is 1.34. The standard InChI is InChI=1S/C19H18N2O3S/c1-12-10-14(13-6-3-4-7-15(13)20-12)19(23)21-16(11-18(22)24-2)17-8-5-9-25-17/h3-10,16H,11H2,1-2H3,(H,21,23). The number of nitrogens with one attached hydrogen (secondary N) is 1. The van der Waals surface area contributed by atoms with E-state index in [1.807, 2.05) is 48.7 Å². The van der Waals surface area contributed by atoms with Crippen LogP contribution in [0, 0.1) is 6.92 Å². The number of aromatic nitrogens is 1. The second-order valence-electron chi connectivity index (χ2n) is 5.65. The number of aryl methyl sites for hydroxylation is 1. The molecule has 0 aliphatic heterocycles. The number of carbonyl (C=O) groups is 2. The Bertz CT molecular complexity index is 906. The summed E-state index contributed by atoms with van der Waals surface area (Å²) in [4.78, 5) is 30.0. The lowest BCUT2D eigenvalue weighted by molar-refractivity contribution is -0.141. The predicted octanol–water partition coefficient (Wildman–Crippen LogP) is 3.64. The van der Waals surface area contributed by atoms with E-state index in [0.29, 0.717) is 5.56 Å². The number of carbonyl (C=O) groups excluding carboxylic acids is 2. The molecule has 5 nitrogen and oxygen atoms in total. The Hall–Kier alpha value is -2.73. The van der Waals surface area contributed by atoms with E-state index in [1.165, 1.54) is 18.4 Å². The van der Waals surface area contributed by atoms with Crippen molar-refractivity contribution in [2.45, 2.75) is 19.4 Å². The largest absolute Gasteiger partial charge is 0.469 e. The van der Waals surface area contributed by atoms with Crippen LogP contribution in [0.4, 0.5) is 0 Å². The fraction of sp³-hybridized carbons (Fsp3) is 0.211. The van der Waals surface area contributed by atoms with Crippen LogP contribution in [0.15, 0.2) is 47.8 Å². The summed E-state index contributed by atoms with van der Waals surface area (Å²) < 4.78 is 4.76. The van der Waals surface area contributed by atoms with Gasteiger partial charge in [0.25, 0.3) is 5.91 Å². The topological polar surface area (TPSA) is 68.3 Å². The van der Waals surface area contributed by atoms with E-state index in [-0.39, 0.29) is 18.3 Å². The van der Waals surface area contributed by atoms with Crippen molar-refractivity contribution in [2.24, 2.45) is 0 Å². The van der Waals surface area contributed by atoms with E-state index in [0.717, 1.165) is 21.5 Å². The molecule has 1 amide bonds. The molecule has 6 heteroatoms. The summed E-state index contributed by atoms with van der Waals surface area (Å²) in [5.74, 6) is -0.599. The van der Waals surface area contributed by atoms with Crippen molar-refractivity contribution in [3.63, 3.8) is 0 Å². The molecule has 0 saturated carbocycles. The van der Waals surface area contributed by atoms with Gasteiger partial charge in [-0.3, -0.25) is 14.6 Å². The third-order valence-electron chi connectivity index (χ3n) is 3.88. The molecular weight excluding hydrogens is 336 g/mol. The maximum Gasteiger partial charge on any atom is 0.307 e. The summed E-state index contributed by atoms with van der Waals surface area (Å²) >= 11 is 1.49. The number of esters is 1. The van der Waals surface area contributed by atoms with Gasteiger partial charge >= 0.3 is 5.97 Å². The molecule has 2 aromatic heterocycles. The van der Waals surface area contributed by atoms with Crippen LogP contribution in [-0.4, -0.2) is 24.0 Å². The first-order chi connectivity index (χ1) is 12.1. The fourth-order valence-corrected chi connectivity index (χ4v) is 3.47. The summed E-state index contributed by atoms with van der Waals surface area (Å²) in [6.45, 7) is 1.86. The van der Waals surface area contributed by atoms with Gasteiger partial charge in [0.15, 0.2) is 0 Å². The Morgan fingerprint density at radius 2 is 2.04 bits per heavy atom. The number of methoxy groups -OCH3 is 1. The van der Waals surface area contributed by atoms with Crippen molar-refractivity contribution in [1.82, 2.24) is 10.3 Å². The van der Waals surface area contributed by atoms with E-state index in [9.17, 15) is 9.59 Å². The van der Waals surface area contributed by atoms with Crippen LogP contribution >= 0.6 is 11.3 Å². The first-order valence-electron chi connectivity index (χ1n) is 7.86. The van der Waals surface area contributed by atoms with Crippen LogP contribution in [0.25, 0.3) is 10.9 Å². The zero-order chi connectivity index (χ0) is 17.8. The highest BCUT2D eigenvalue weighted by Gasteiger charge is 2.22. The first kappa shape index (κ1) is 17.1. The van der Waals surface area contributed by atoms with Gasteiger partial charge in [0.1, 0.15) is 0 Å². The van der Waals surface area contributed by atoms with E-state index in [1.54, 1.807) is 6.07 Å². The minimum Gasteiger partial charge on any atom is -0.469 e. The Balaban J connectivity index is 1.93. The molecule has 2 heterocycles. The number of hydrogen-bond donors (Lipinski definition) is 1. The minimum atomic E-state index is -0.424. The predicted molar refractivity (Wildman–Crippen MR) is 97.6 cm³/mol. The van der Waals surface area contributed by atoms with Crippen LogP contribution in [0.3, 0.4) is 0 Å². The molecule has 1 unspecified atom stereocenters. The molecule has 1 atom stereocenters. The molecule has 0 bridgehead atoms. The number of rotatable bonds is 5. The third kappa shape index (κ3) is 3.85. The maximum absolute atomic E-state index is 12.9. The van der Waals surface area contributed by atoms with E-state index < -0.39 is 6.04 Å². The van der Waals surface area contributed by atoms with E-state index in [4.69, 9.17) is 4.74 Å². The molecule has 1 N–H and O–H groups in total. The van der Waals surface area contributed by atoms with Crippen molar-refractivity contribution in [1.29, 1.82) is 0 Å². The highest BCUT2D eigenvalue weighted by Crippen LogP contribution is 2.24. The number of hydrogen-bond acceptors (Lipinski definition) is 5. The summed E-state index contributed by atoms with van der Waals surface area (Å²) in [5.41, 5.74) is 2.09. The lowest BCUT2D eigenvalue weighted by atomic mass is 10.1. The molecule has 0 radical (unpaired) electrons. The second-order valence-corrected chi connectivity index (χ2v) is 6.63. The molecule has 1 aromatic carbocycles. The highest BCUT2D eigenvalue weighted by molar-refractivity contribution is 7.10. The fourth-order valence-electron chi connectivity index (χ4n) is 2.69. The van der Waals surface area contributed by atoms with Crippen molar-refractivity contribution in [3.8, 4) is 0 Å². The molecule has 0 spiro atoms. The van der Waals surface area contributed by atoms with Crippen LogP contribution in [0.5, 0.6) is 0 Å². The molecule has 128 valence electrons. The van der Waals surface area contributed by atoms with Crippen LogP contribution in [0.2, 0.25) is 0 Å². The van der Waals surface area contributed by atoms with Gasteiger partial charge in [-0.25, -0.2) is 0 Å². The Kier molecular flexibility index (Phi) is 5.09. The normalized spacial score (nSPS) is 11.9. The highest BCUT2D eigenvalue weighted by atomic mass is 32.1. The first-order valence-corrected chi connectivity index (χ1v) is 8.74. The average molecular weight is 354 g/mol. The summed E-state index contributed by atoms with van der Waals surface area (Å²) in [5, 5.41) is 5.66. The molecule has 0 aliphatic rings. The molecule has 0 aliphatic carbocycles. The van der Waals surface area contributed by atoms with Gasteiger partial charge < -0.3 is 10.1 Å². The SMILES string of the molecule is COC(=O)CC(NC(=O)c1cc(C)nc2ccccc12)c1cccs1. The number of nitrogens with zero attached hydrogens (tertiary/aromatic N) is 1. The van der Waals surface area contributed by atoms with Crippen molar-refractivity contribution in [3.05, 3.63) is 64.0 Å². The van der Waals surface area contributed by atoms with Crippen molar-refractivity contribution >= 4 is 34.1 Å². The smallest absolute Gasteiger partial charge is 0.307 e. The average Bonchev–Trinajstić information content (AvgIpc) is 3.14. The van der Waals surface area contributed by atoms with E-state index in [2.05, 4.69) is 10.3 Å². The van der Waals surface area contributed by atoms with E-state index >= 15 is 0 Å². The van der Waals surface area contributed by atoms with Crippen molar-refractivity contribution in [2.75, 3.05) is 7.11 Å². The number of benzene rings is 1. The van der Waals surface area contributed by atoms with Gasteiger partial charge in [-0.1, -0.05) is 24.3 Å². The van der Waals surface area contributed by atoms with Gasteiger partial charge in [-0.2, -0.15) is 0 Å². The zero-order valence-electron chi connectivity index (χ0n) is 14.0. The van der Waals surface area contributed by atoms with Gasteiger partial charge in [-0.05, 0) is 30.5 Å². The van der Waals surface area contributed by atoms with Crippen LogP contribution < -0.4 is 5.32 Å². The molecule has 3 rings (SSSR count). The Morgan fingerprint density at radius 1 is 1.24 bits per heavy atom. The number of pyridine rings is 1. The third-order valence-corrected chi connectivity index (χ3v) is 4.87. The zero-order valence-corrected chi connectivity index (χ0v) is 14.8. The molecule has 25 heavy (non-hydrogen) atoms. The van der Waals surface area contributed by atoms with Gasteiger partial charge in [-0.15, -0.1) is 11.3 Å². The minimum absolute atomic E-state index is 0.0880. The Labute approximate surface area is 149 Å². The number of thiophene rings is 1. The molecular formula is C19H18N2O3S. The summed E-state index contributed by atoms with van der Waals surface area (Å²) in [6, 6.07) is 12.6. The number of amides is 1. The maximum atomic E-state index is 12.9. The molecule has 0 saturated heterocycles. The van der Waals surface area contributed by atoms with Gasteiger partial charge in [0.2, 0.25) is 0 Å². The number of ether oxygens (including phenoxy) is 1. The Morgan fingerprint density at radius 3 is 2.76 bits per heavy atom. The van der Waals surface area contributed by atoms with Crippen LogP contribution in [-0.2, 0) is 9.53 Å².